The number of nitrogens with one attached hydrogen (secondary N) is 1. The van der Waals surface area contributed by atoms with E-state index in [4.69, 9.17) is 17.3 Å². The number of hydrogen-bond acceptors (Lipinski definition) is 2. The van der Waals surface area contributed by atoms with Gasteiger partial charge >= 0.3 is 0 Å². The number of aromatic nitrogens is 1. The van der Waals surface area contributed by atoms with Gasteiger partial charge in [0.25, 0.3) is 0 Å². The van der Waals surface area contributed by atoms with Crippen molar-refractivity contribution in [2.24, 2.45) is 0 Å². The summed E-state index contributed by atoms with van der Waals surface area (Å²) >= 11 is 6.11. The fourth-order valence-corrected chi connectivity index (χ4v) is 4.87. The molecule has 0 amide bonds. The molecule has 2 aromatic carbocycles. The first-order valence-corrected chi connectivity index (χ1v) is 10.1. The number of benzene rings is 2. The van der Waals surface area contributed by atoms with Gasteiger partial charge in [0.15, 0.2) is 0 Å². The number of nitrogens with zero attached hydrogens (tertiary/aromatic N) is 1. The molecule has 5 rings (SSSR count). The van der Waals surface area contributed by atoms with E-state index in [2.05, 4.69) is 40.4 Å². The van der Waals surface area contributed by atoms with Crippen LogP contribution in [-0.2, 0) is 6.42 Å². The third-order valence-electron chi connectivity index (χ3n) is 6.13. The summed E-state index contributed by atoms with van der Waals surface area (Å²) in [6, 6.07) is 12.5. The van der Waals surface area contributed by atoms with Crippen molar-refractivity contribution in [3.63, 3.8) is 0 Å². The summed E-state index contributed by atoms with van der Waals surface area (Å²) in [7, 11) is 0. The second-order valence-corrected chi connectivity index (χ2v) is 8.26. The Kier molecular flexibility index (Phi) is 4.22. The van der Waals surface area contributed by atoms with E-state index in [9.17, 15) is 0 Å². The molecule has 2 heterocycles. The second-order valence-electron chi connectivity index (χ2n) is 7.83. The van der Waals surface area contributed by atoms with Crippen molar-refractivity contribution in [1.29, 1.82) is 0 Å². The monoisotopic (exact) mass is 377 g/mol. The first-order valence-electron chi connectivity index (χ1n) is 9.74. The van der Waals surface area contributed by atoms with Crippen LogP contribution in [0, 0.1) is 0 Å². The molecule has 2 aliphatic rings. The van der Waals surface area contributed by atoms with E-state index in [0.29, 0.717) is 5.92 Å². The number of aromatic amines is 1. The van der Waals surface area contributed by atoms with Gasteiger partial charge in [0.05, 0.1) is 0 Å². The van der Waals surface area contributed by atoms with E-state index in [0.717, 1.165) is 42.3 Å². The van der Waals surface area contributed by atoms with E-state index in [-0.39, 0.29) is 0 Å². The average Bonchev–Trinajstić information content (AvgIpc) is 3.26. The highest BCUT2D eigenvalue weighted by Crippen LogP contribution is 2.36. The van der Waals surface area contributed by atoms with E-state index >= 15 is 0 Å². The molecule has 1 aliphatic carbocycles. The van der Waals surface area contributed by atoms with Gasteiger partial charge in [-0.2, -0.15) is 0 Å². The standard InChI is InChI=1S/C23H24ClN3/c24-18-4-6-20-22(13-26-23(20)11-18)16-7-9-27(10-8-16)14-17-2-1-15-3-5-19(25)12-21(15)17/h3-7,11-13,17,26H,1-2,8-10,14,25H2. The minimum absolute atomic E-state index is 0.619. The van der Waals surface area contributed by atoms with Gasteiger partial charge in [-0.3, -0.25) is 4.90 Å². The number of fused-ring (bicyclic) bond motifs is 2. The smallest absolute Gasteiger partial charge is 0.0475 e. The van der Waals surface area contributed by atoms with Crippen LogP contribution in [0.15, 0.2) is 48.7 Å². The maximum absolute atomic E-state index is 6.11. The predicted octanol–water partition coefficient (Wildman–Crippen LogP) is 5.22. The molecule has 27 heavy (non-hydrogen) atoms. The van der Waals surface area contributed by atoms with Crippen LogP contribution in [-0.4, -0.2) is 29.5 Å². The number of halogens is 1. The highest BCUT2D eigenvalue weighted by molar-refractivity contribution is 6.31. The van der Waals surface area contributed by atoms with E-state index in [1.807, 2.05) is 18.2 Å². The molecule has 0 fully saturated rings. The lowest BCUT2D eigenvalue weighted by molar-refractivity contribution is 0.281. The maximum atomic E-state index is 6.11. The lowest BCUT2D eigenvalue weighted by atomic mass is 9.96. The summed E-state index contributed by atoms with van der Waals surface area (Å²) < 4.78 is 0. The van der Waals surface area contributed by atoms with Crippen LogP contribution in [0.2, 0.25) is 5.02 Å². The van der Waals surface area contributed by atoms with Gasteiger partial charge in [-0.1, -0.05) is 29.8 Å². The number of anilines is 1. The molecule has 0 spiro atoms. The first kappa shape index (κ1) is 16.9. The number of H-pyrrole nitrogens is 1. The van der Waals surface area contributed by atoms with Crippen LogP contribution in [0.5, 0.6) is 0 Å². The molecule has 0 radical (unpaired) electrons. The Morgan fingerprint density at radius 3 is 2.93 bits per heavy atom. The van der Waals surface area contributed by atoms with Gasteiger partial charge < -0.3 is 10.7 Å². The number of aryl methyl sites for hydroxylation is 1. The van der Waals surface area contributed by atoms with Crippen molar-refractivity contribution in [2.45, 2.75) is 25.2 Å². The van der Waals surface area contributed by atoms with Crippen LogP contribution < -0.4 is 5.73 Å². The Morgan fingerprint density at radius 1 is 1.15 bits per heavy atom. The Morgan fingerprint density at radius 2 is 2.07 bits per heavy atom. The van der Waals surface area contributed by atoms with Gasteiger partial charge in [0, 0.05) is 53.0 Å². The number of nitrogens with two attached hydrogens (primary N) is 1. The Hall–Kier alpha value is -2.23. The van der Waals surface area contributed by atoms with Gasteiger partial charge in [0.2, 0.25) is 0 Å². The Bertz CT molecular complexity index is 1030. The van der Waals surface area contributed by atoms with Crippen LogP contribution in [0.3, 0.4) is 0 Å². The molecule has 1 atom stereocenters. The molecule has 3 aromatic rings. The van der Waals surface area contributed by atoms with Crippen molar-refractivity contribution in [2.75, 3.05) is 25.4 Å². The second kappa shape index (κ2) is 6.74. The van der Waals surface area contributed by atoms with Crippen molar-refractivity contribution in [1.82, 2.24) is 9.88 Å². The fourth-order valence-electron chi connectivity index (χ4n) is 4.69. The van der Waals surface area contributed by atoms with Gasteiger partial charge in [-0.25, -0.2) is 0 Å². The van der Waals surface area contributed by atoms with Crippen molar-refractivity contribution in [3.05, 3.63) is 70.4 Å². The summed E-state index contributed by atoms with van der Waals surface area (Å²) in [5.74, 6) is 0.619. The van der Waals surface area contributed by atoms with Crippen molar-refractivity contribution in [3.8, 4) is 0 Å². The summed E-state index contributed by atoms with van der Waals surface area (Å²) in [6.45, 7) is 3.26. The molecular weight excluding hydrogens is 354 g/mol. The Balaban J connectivity index is 1.31. The van der Waals surface area contributed by atoms with Gasteiger partial charge in [0.1, 0.15) is 0 Å². The van der Waals surface area contributed by atoms with Crippen LogP contribution in [0.25, 0.3) is 16.5 Å². The molecular formula is C23H24ClN3. The van der Waals surface area contributed by atoms with Gasteiger partial charge in [-0.05, 0) is 66.1 Å². The van der Waals surface area contributed by atoms with E-state index < -0.39 is 0 Å². The summed E-state index contributed by atoms with van der Waals surface area (Å²) in [5, 5.41) is 2.04. The number of rotatable bonds is 3. The summed E-state index contributed by atoms with van der Waals surface area (Å²) in [6.07, 6.45) is 8.04. The lowest BCUT2D eigenvalue weighted by Crippen LogP contribution is -2.32. The summed E-state index contributed by atoms with van der Waals surface area (Å²) in [4.78, 5) is 5.94. The zero-order valence-electron chi connectivity index (χ0n) is 15.3. The fraction of sp³-hybridized carbons (Fsp3) is 0.304. The highest BCUT2D eigenvalue weighted by Gasteiger charge is 2.25. The molecule has 0 bridgehead atoms. The predicted molar refractivity (Wildman–Crippen MR) is 114 cm³/mol. The minimum atomic E-state index is 0.619. The molecule has 3 N–H and O–H groups in total. The molecule has 1 aromatic heterocycles. The zero-order chi connectivity index (χ0) is 18.4. The molecule has 0 saturated heterocycles. The third-order valence-corrected chi connectivity index (χ3v) is 6.37. The molecule has 138 valence electrons. The topological polar surface area (TPSA) is 45.0 Å². The normalized spacial score (nSPS) is 20.0. The van der Waals surface area contributed by atoms with Crippen LogP contribution in [0.1, 0.15) is 35.4 Å². The van der Waals surface area contributed by atoms with E-state index in [1.165, 1.54) is 40.5 Å². The first-order chi connectivity index (χ1) is 13.2. The quantitative estimate of drug-likeness (QED) is 0.614. The van der Waals surface area contributed by atoms with Crippen LogP contribution in [0.4, 0.5) is 5.69 Å². The van der Waals surface area contributed by atoms with Crippen molar-refractivity contribution >= 4 is 33.8 Å². The largest absolute Gasteiger partial charge is 0.399 e. The average molecular weight is 378 g/mol. The zero-order valence-corrected chi connectivity index (χ0v) is 16.1. The SMILES string of the molecule is Nc1ccc2c(c1)C(CN1CC=C(c3c[nH]c4cc(Cl)ccc34)CC1)CC2. The summed E-state index contributed by atoms with van der Waals surface area (Å²) in [5.41, 5.74) is 13.7. The highest BCUT2D eigenvalue weighted by atomic mass is 35.5. The van der Waals surface area contributed by atoms with E-state index in [1.54, 1.807) is 0 Å². The Labute approximate surface area is 164 Å². The number of hydrogen-bond donors (Lipinski definition) is 2. The lowest BCUT2D eigenvalue weighted by Gasteiger charge is -2.29. The van der Waals surface area contributed by atoms with Crippen molar-refractivity contribution < 1.29 is 0 Å². The molecule has 1 aliphatic heterocycles. The maximum Gasteiger partial charge on any atom is 0.0475 e. The van der Waals surface area contributed by atoms with Crippen LogP contribution >= 0.6 is 11.6 Å². The number of nitrogen functional groups attached to an aromatic ring is 1. The van der Waals surface area contributed by atoms with Gasteiger partial charge in [-0.15, -0.1) is 0 Å². The third kappa shape index (κ3) is 3.15. The minimum Gasteiger partial charge on any atom is -0.399 e. The molecule has 4 heteroatoms. The molecule has 0 saturated carbocycles. The molecule has 1 unspecified atom stereocenters. The molecule has 3 nitrogen and oxygen atoms in total.